The highest BCUT2D eigenvalue weighted by atomic mass is 16.5. The maximum atomic E-state index is 5.95. The lowest BCUT2D eigenvalue weighted by Gasteiger charge is -2.11. The number of rotatable bonds is 6. The number of nitrogens with zero attached hydrogens (tertiary/aromatic N) is 5. The van der Waals surface area contributed by atoms with Crippen LogP contribution in [-0.4, -0.2) is 31.8 Å². The summed E-state index contributed by atoms with van der Waals surface area (Å²) < 4.78 is 18.4. The zero-order valence-corrected chi connectivity index (χ0v) is 15.3. The van der Waals surface area contributed by atoms with E-state index < -0.39 is 0 Å². The lowest BCUT2D eigenvalue weighted by Crippen LogP contribution is -2.06. The van der Waals surface area contributed by atoms with E-state index in [1.54, 1.807) is 13.3 Å². The first-order valence-electron chi connectivity index (χ1n) is 8.50. The standard InChI is InChI=1S/C19H19N5O3/c1-12-9-14(23-27-12)11-26-19-18-15(21-13(2)22-19)6-8-24(18)10-16-17(25-3)5-4-7-20-16/h4-9H,10-11H2,1-3H3. The van der Waals surface area contributed by atoms with E-state index in [1.807, 2.05) is 48.9 Å². The summed E-state index contributed by atoms with van der Waals surface area (Å²) in [5.74, 6) is 2.61. The van der Waals surface area contributed by atoms with Crippen LogP contribution in [0.2, 0.25) is 0 Å². The van der Waals surface area contributed by atoms with Crippen molar-refractivity contribution >= 4 is 11.0 Å². The van der Waals surface area contributed by atoms with Gasteiger partial charge in [0.1, 0.15) is 40.8 Å². The highest BCUT2D eigenvalue weighted by Crippen LogP contribution is 2.26. The normalized spacial score (nSPS) is 11.1. The van der Waals surface area contributed by atoms with Gasteiger partial charge in [-0.25, -0.2) is 4.98 Å². The highest BCUT2D eigenvalue weighted by molar-refractivity contribution is 5.80. The molecule has 0 saturated carbocycles. The van der Waals surface area contributed by atoms with E-state index in [0.29, 0.717) is 23.9 Å². The number of ether oxygens (including phenoxy) is 2. The minimum atomic E-state index is 0.265. The second-order valence-corrected chi connectivity index (χ2v) is 6.12. The van der Waals surface area contributed by atoms with Gasteiger partial charge in [0.25, 0.3) is 0 Å². The van der Waals surface area contributed by atoms with Gasteiger partial charge in [0.15, 0.2) is 0 Å². The number of hydrogen-bond acceptors (Lipinski definition) is 7. The Hall–Kier alpha value is -3.42. The summed E-state index contributed by atoms with van der Waals surface area (Å²) in [4.78, 5) is 13.4. The quantitative estimate of drug-likeness (QED) is 0.519. The van der Waals surface area contributed by atoms with Crippen molar-refractivity contribution in [2.24, 2.45) is 0 Å². The number of pyridine rings is 1. The fourth-order valence-corrected chi connectivity index (χ4v) is 2.93. The number of methoxy groups -OCH3 is 1. The van der Waals surface area contributed by atoms with Crippen molar-refractivity contribution in [1.82, 2.24) is 24.7 Å². The molecule has 27 heavy (non-hydrogen) atoms. The Balaban J connectivity index is 1.69. The smallest absolute Gasteiger partial charge is 0.242 e. The van der Waals surface area contributed by atoms with Crippen molar-refractivity contribution in [3.8, 4) is 11.6 Å². The fraction of sp³-hybridized carbons (Fsp3) is 0.263. The Morgan fingerprint density at radius 3 is 2.85 bits per heavy atom. The zero-order chi connectivity index (χ0) is 18.8. The molecule has 0 aliphatic rings. The van der Waals surface area contributed by atoms with Gasteiger partial charge in [-0.05, 0) is 32.0 Å². The average Bonchev–Trinajstić information content (AvgIpc) is 3.26. The van der Waals surface area contributed by atoms with Crippen molar-refractivity contribution in [2.45, 2.75) is 27.0 Å². The van der Waals surface area contributed by atoms with Gasteiger partial charge in [0.05, 0.1) is 19.2 Å². The third-order valence-corrected chi connectivity index (χ3v) is 4.11. The molecule has 0 fully saturated rings. The Kier molecular flexibility index (Phi) is 4.45. The molecule has 0 atom stereocenters. The van der Waals surface area contributed by atoms with Crippen LogP contribution >= 0.6 is 0 Å². The molecule has 0 amide bonds. The van der Waals surface area contributed by atoms with Gasteiger partial charge >= 0.3 is 0 Å². The molecule has 0 bridgehead atoms. The van der Waals surface area contributed by atoms with Crippen molar-refractivity contribution < 1.29 is 14.0 Å². The molecule has 4 heterocycles. The Labute approximate surface area is 155 Å². The van der Waals surface area contributed by atoms with Crippen LogP contribution in [0.3, 0.4) is 0 Å². The van der Waals surface area contributed by atoms with Crippen LogP contribution in [0.15, 0.2) is 41.2 Å². The predicted octanol–water partition coefficient (Wildman–Crippen LogP) is 3.07. The predicted molar refractivity (Wildman–Crippen MR) is 97.7 cm³/mol. The van der Waals surface area contributed by atoms with E-state index in [1.165, 1.54) is 0 Å². The van der Waals surface area contributed by atoms with E-state index in [9.17, 15) is 0 Å². The summed E-state index contributed by atoms with van der Waals surface area (Å²) in [5, 5.41) is 3.96. The highest BCUT2D eigenvalue weighted by Gasteiger charge is 2.15. The third-order valence-electron chi connectivity index (χ3n) is 4.11. The Morgan fingerprint density at radius 1 is 1.19 bits per heavy atom. The van der Waals surface area contributed by atoms with Gasteiger partial charge in [0, 0.05) is 18.5 Å². The number of fused-ring (bicyclic) bond motifs is 1. The minimum Gasteiger partial charge on any atom is -0.495 e. The molecule has 4 rings (SSSR count). The Bertz CT molecular complexity index is 1090. The third kappa shape index (κ3) is 3.46. The molecule has 0 unspecified atom stereocenters. The molecule has 138 valence electrons. The summed E-state index contributed by atoms with van der Waals surface area (Å²) in [6.07, 6.45) is 3.69. The van der Waals surface area contributed by atoms with Crippen molar-refractivity contribution in [3.05, 3.63) is 59.6 Å². The molecule has 0 N–H and O–H groups in total. The number of aryl methyl sites for hydroxylation is 2. The largest absolute Gasteiger partial charge is 0.495 e. The van der Waals surface area contributed by atoms with Gasteiger partial charge in [-0.2, -0.15) is 4.98 Å². The molecule has 0 aliphatic carbocycles. The summed E-state index contributed by atoms with van der Waals surface area (Å²) in [6, 6.07) is 7.51. The van der Waals surface area contributed by atoms with Crippen LogP contribution < -0.4 is 9.47 Å². The first kappa shape index (κ1) is 17.0. The molecule has 4 aromatic heterocycles. The van der Waals surface area contributed by atoms with E-state index in [0.717, 1.165) is 28.2 Å². The van der Waals surface area contributed by atoms with E-state index in [2.05, 4.69) is 20.1 Å². The van der Waals surface area contributed by atoms with Crippen molar-refractivity contribution in [3.63, 3.8) is 0 Å². The topological polar surface area (TPSA) is 88.1 Å². The Morgan fingerprint density at radius 2 is 2.07 bits per heavy atom. The molecule has 8 nitrogen and oxygen atoms in total. The van der Waals surface area contributed by atoms with Crippen molar-refractivity contribution in [1.29, 1.82) is 0 Å². The summed E-state index contributed by atoms with van der Waals surface area (Å²) in [5.41, 5.74) is 3.13. The van der Waals surface area contributed by atoms with Gasteiger partial charge < -0.3 is 18.6 Å². The molecule has 0 saturated heterocycles. The lowest BCUT2D eigenvalue weighted by atomic mass is 10.3. The van der Waals surface area contributed by atoms with E-state index >= 15 is 0 Å². The molecule has 0 radical (unpaired) electrons. The molecular formula is C19H19N5O3. The van der Waals surface area contributed by atoms with E-state index in [4.69, 9.17) is 14.0 Å². The van der Waals surface area contributed by atoms with Crippen LogP contribution in [0.1, 0.15) is 23.0 Å². The summed E-state index contributed by atoms with van der Waals surface area (Å²) in [7, 11) is 1.63. The second-order valence-electron chi connectivity index (χ2n) is 6.12. The van der Waals surface area contributed by atoms with Gasteiger partial charge in [-0.15, -0.1) is 0 Å². The van der Waals surface area contributed by atoms with Crippen LogP contribution in [-0.2, 0) is 13.2 Å². The first-order chi connectivity index (χ1) is 13.1. The average molecular weight is 365 g/mol. The number of hydrogen-bond donors (Lipinski definition) is 0. The zero-order valence-electron chi connectivity index (χ0n) is 15.3. The van der Waals surface area contributed by atoms with Gasteiger partial charge in [-0.3, -0.25) is 4.98 Å². The minimum absolute atomic E-state index is 0.265. The SMILES string of the molecule is COc1cccnc1Cn1ccc2nc(C)nc(OCc3cc(C)on3)c21. The fourth-order valence-electron chi connectivity index (χ4n) is 2.93. The van der Waals surface area contributed by atoms with Crippen LogP contribution in [0, 0.1) is 13.8 Å². The molecule has 0 spiro atoms. The second kappa shape index (κ2) is 7.06. The first-order valence-corrected chi connectivity index (χ1v) is 8.50. The molecule has 0 aromatic carbocycles. The van der Waals surface area contributed by atoms with Crippen LogP contribution in [0.4, 0.5) is 0 Å². The van der Waals surface area contributed by atoms with Crippen molar-refractivity contribution in [2.75, 3.05) is 7.11 Å². The molecular weight excluding hydrogens is 346 g/mol. The van der Waals surface area contributed by atoms with Crippen LogP contribution in [0.5, 0.6) is 11.6 Å². The van der Waals surface area contributed by atoms with Gasteiger partial charge in [-0.1, -0.05) is 5.16 Å². The monoisotopic (exact) mass is 365 g/mol. The molecule has 4 aromatic rings. The summed E-state index contributed by atoms with van der Waals surface area (Å²) in [6.45, 7) is 4.46. The maximum Gasteiger partial charge on any atom is 0.242 e. The van der Waals surface area contributed by atoms with Crippen LogP contribution in [0.25, 0.3) is 11.0 Å². The maximum absolute atomic E-state index is 5.95. The summed E-state index contributed by atoms with van der Waals surface area (Å²) >= 11 is 0. The van der Waals surface area contributed by atoms with Gasteiger partial charge in [0.2, 0.25) is 5.88 Å². The van der Waals surface area contributed by atoms with E-state index in [-0.39, 0.29) is 6.61 Å². The lowest BCUT2D eigenvalue weighted by molar-refractivity contribution is 0.279. The number of aromatic nitrogens is 5. The molecule has 0 aliphatic heterocycles. The molecule has 8 heteroatoms.